The Balaban J connectivity index is 2.08. The zero-order valence-electron chi connectivity index (χ0n) is 14.6. The summed E-state index contributed by atoms with van der Waals surface area (Å²) in [7, 11) is -1.41. The molecule has 1 saturated carbocycles. The van der Waals surface area contributed by atoms with Crippen LogP contribution in [-0.4, -0.2) is 54.0 Å². The molecule has 0 bridgehead atoms. The van der Waals surface area contributed by atoms with Gasteiger partial charge in [0.05, 0.1) is 38.7 Å². The van der Waals surface area contributed by atoms with Crippen LogP contribution in [0.1, 0.15) is 29.6 Å². The summed E-state index contributed by atoms with van der Waals surface area (Å²) in [6, 6.07) is 2.59. The Kier molecular flexibility index (Phi) is 5.26. The van der Waals surface area contributed by atoms with Crippen molar-refractivity contribution in [3.8, 4) is 11.5 Å². The molecule has 1 aliphatic heterocycles. The van der Waals surface area contributed by atoms with Crippen LogP contribution in [0, 0.1) is 0 Å². The molecule has 0 spiro atoms. The standard InChI is InChI=1S/C16H22N2O7S/c1-22-14-8-13(18(10-3-4-10)26(17,20)21)12(16(19)23-2)7-15(14)25-11-5-6-24-9-11/h7-8,10-11H,3-6,9H2,1-2H3,(H2,17,20,21). The van der Waals surface area contributed by atoms with E-state index in [2.05, 4.69) is 0 Å². The van der Waals surface area contributed by atoms with Crippen LogP contribution in [0.25, 0.3) is 0 Å². The van der Waals surface area contributed by atoms with Gasteiger partial charge < -0.3 is 18.9 Å². The number of carbonyl (C=O) groups excluding carboxylic acids is 1. The molecule has 1 aliphatic carbocycles. The summed E-state index contributed by atoms with van der Waals surface area (Å²) in [6.45, 7) is 1.03. The van der Waals surface area contributed by atoms with E-state index in [1.807, 2.05) is 0 Å². The lowest BCUT2D eigenvalue weighted by Crippen LogP contribution is -2.39. The fraction of sp³-hybridized carbons (Fsp3) is 0.562. The van der Waals surface area contributed by atoms with Crippen LogP contribution < -0.4 is 18.9 Å². The molecule has 1 aromatic carbocycles. The first-order valence-electron chi connectivity index (χ1n) is 8.22. The normalized spacial score (nSPS) is 19.9. The smallest absolute Gasteiger partial charge is 0.340 e. The first-order valence-corrected chi connectivity index (χ1v) is 9.72. The Labute approximate surface area is 152 Å². The fourth-order valence-corrected chi connectivity index (χ4v) is 3.94. The Morgan fingerprint density at radius 3 is 2.46 bits per heavy atom. The highest BCUT2D eigenvalue weighted by molar-refractivity contribution is 7.90. The van der Waals surface area contributed by atoms with Crippen molar-refractivity contribution in [2.75, 3.05) is 31.7 Å². The van der Waals surface area contributed by atoms with Gasteiger partial charge in [-0.1, -0.05) is 0 Å². The average Bonchev–Trinajstić information content (AvgIpc) is 3.28. The highest BCUT2D eigenvalue weighted by Gasteiger charge is 2.38. The molecule has 0 amide bonds. The largest absolute Gasteiger partial charge is 0.493 e. The van der Waals surface area contributed by atoms with Crippen molar-refractivity contribution < 1.29 is 32.2 Å². The predicted molar refractivity (Wildman–Crippen MR) is 92.8 cm³/mol. The van der Waals surface area contributed by atoms with Crippen LogP contribution in [0.2, 0.25) is 0 Å². The van der Waals surface area contributed by atoms with Gasteiger partial charge in [0, 0.05) is 24.6 Å². The topological polar surface area (TPSA) is 117 Å². The van der Waals surface area contributed by atoms with Gasteiger partial charge in [-0.15, -0.1) is 0 Å². The molecule has 2 fully saturated rings. The van der Waals surface area contributed by atoms with Gasteiger partial charge in [-0.2, -0.15) is 8.42 Å². The first-order chi connectivity index (χ1) is 12.3. The first kappa shape index (κ1) is 18.7. The van der Waals surface area contributed by atoms with Gasteiger partial charge in [-0.3, -0.25) is 4.31 Å². The quantitative estimate of drug-likeness (QED) is 0.689. The molecule has 26 heavy (non-hydrogen) atoms. The van der Waals surface area contributed by atoms with E-state index in [1.165, 1.54) is 26.4 Å². The van der Waals surface area contributed by atoms with Crippen molar-refractivity contribution >= 4 is 21.9 Å². The number of nitrogens with two attached hydrogens (primary N) is 1. The molecule has 1 heterocycles. The molecule has 1 atom stereocenters. The van der Waals surface area contributed by atoms with Crippen LogP contribution >= 0.6 is 0 Å². The highest BCUT2D eigenvalue weighted by Crippen LogP contribution is 2.41. The second-order valence-electron chi connectivity index (χ2n) is 6.19. The maximum atomic E-state index is 12.3. The summed E-state index contributed by atoms with van der Waals surface area (Å²) >= 11 is 0. The molecule has 2 aliphatic rings. The van der Waals surface area contributed by atoms with Crippen LogP contribution in [0.4, 0.5) is 5.69 Å². The number of nitrogens with zero attached hydrogens (tertiary/aromatic N) is 1. The van der Waals surface area contributed by atoms with Gasteiger partial charge in [0.25, 0.3) is 10.2 Å². The molecule has 0 aromatic heterocycles. The fourth-order valence-electron chi connectivity index (χ4n) is 2.89. The molecule has 1 unspecified atom stereocenters. The van der Waals surface area contributed by atoms with Gasteiger partial charge in [0.2, 0.25) is 0 Å². The van der Waals surface area contributed by atoms with Crippen molar-refractivity contribution in [3.63, 3.8) is 0 Å². The van der Waals surface area contributed by atoms with Crippen LogP contribution in [0.3, 0.4) is 0 Å². The molecule has 1 aromatic rings. The molecule has 0 radical (unpaired) electrons. The Bertz CT molecular complexity index is 786. The molecule has 3 rings (SSSR count). The zero-order valence-corrected chi connectivity index (χ0v) is 15.5. The summed E-state index contributed by atoms with van der Waals surface area (Å²) in [5.74, 6) is -0.0735. The molecule has 9 nitrogen and oxygen atoms in total. The maximum Gasteiger partial charge on any atom is 0.340 e. The van der Waals surface area contributed by atoms with E-state index < -0.39 is 16.2 Å². The van der Waals surface area contributed by atoms with E-state index in [0.717, 1.165) is 4.31 Å². The summed E-state index contributed by atoms with van der Waals surface area (Å²) < 4.78 is 46.6. The third-order valence-corrected chi connectivity index (χ3v) is 5.30. The van der Waals surface area contributed by atoms with E-state index >= 15 is 0 Å². The second kappa shape index (κ2) is 7.29. The number of carbonyl (C=O) groups is 1. The van der Waals surface area contributed by atoms with Crippen LogP contribution in [-0.2, 0) is 19.7 Å². The van der Waals surface area contributed by atoms with E-state index in [4.69, 9.17) is 24.1 Å². The monoisotopic (exact) mass is 386 g/mol. The molecule has 1 saturated heterocycles. The third kappa shape index (κ3) is 3.87. The van der Waals surface area contributed by atoms with E-state index in [-0.39, 0.29) is 23.4 Å². The van der Waals surface area contributed by atoms with E-state index in [9.17, 15) is 13.2 Å². The van der Waals surface area contributed by atoms with E-state index in [1.54, 1.807) is 0 Å². The third-order valence-electron chi connectivity index (χ3n) is 4.26. The number of rotatable bonds is 7. The van der Waals surface area contributed by atoms with Gasteiger partial charge in [-0.25, -0.2) is 9.93 Å². The van der Waals surface area contributed by atoms with Crippen molar-refractivity contribution in [1.29, 1.82) is 0 Å². The minimum Gasteiger partial charge on any atom is -0.493 e. The predicted octanol–water partition coefficient (Wildman–Crippen LogP) is 0.822. The maximum absolute atomic E-state index is 12.3. The molecular weight excluding hydrogens is 364 g/mol. The van der Waals surface area contributed by atoms with Crippen LogP contribution in [0.5, 0.6) is 11.5 Å². The van der Waals surface area contributed by atoms with Gasteiger partial charge in [-0.05, 0) is 12.8 Å². The number of methoxy groups -OCH3 is 2. The highest BCUT2D eigenvalue weighted by atomic mass is 32.2. The van der Waals surface area contributed by atoms with Crippen molar-refractivity contribution in [3.05, 3.63) is 17.7 Å². The van der Waals surface area contributed by atoms with Crippen molar-refractivity contribution in [2.45, 2.75) is 31.4 Å². The number of hydrogen-bond acceptors (Lipinski definition) is 7. The lowest BCUT2D eigenvalue weighted by Gasteiger charge is -2.25. The van der Waals surface area contributed by atoms with Crippen molar-refractivity contribution in [2.24, 2.45) is 5.14 Å². The number of ether oxygens (including phenoxy) is 4. The average molecular weight is 386 g/mol. The number of esters is 1. The second-order valence-corrected chi connectivity index (χ2v) is 7.61. The molecule has 2 N–H and O–H groups in total. The van der Waals surface area contributed by atoms with Crippen molar-refractivity contribution in [1.82, 2.24) is 0 Å². The molecule has 10 heteroatoms. The Morgan fingerprint density at radius 2 is 1.96 bits per heavy atom. The lowest BCUT2D eigenvalue weighted by molar-refractivity contribution is 0.0600. The Morgan fingerprint density at radius 1 is 1.23 bits per heavy atom. The Hall–Kier alpha value is -2.04. The van der Waals surface area contributed by atoms with E-state index in [0.29, 0.717) is 44.0 Å². The minimum atomic E-state index is -4.07. The SMILES string of the molecule is COC(=O)c1cc(OC2CCOC2)c(OC)cc1N(C1CC1)S(N)(=O)=O. The zero-order chi connectivity index (χ0) is 18.9. The molecular formula is C16H22N2O7S. The summed E-state index contributed by atoms with van der Waals surface area (Å²) in [6.07, 6.45) is 1.87. The molecule has 144 valence electrons. The van der Waals surface area contributed by atoms with Gasteiger partial charge >= 0.3 is 5.97 Å². The number of benzene rings is 1. The van der Waals surface area contributed by atoms with Crippen LogP contribution in [0.15, 0.2) is 12.1 Å². The number of anilines is 1. The van der Waals surface area contributed by atoms with Gasteiger partial charge in [0.15, 0.2) is 11.5 Å². The summed E-state index contributed by atoms with van der Waals surface area (Å²) in [5, 5.41) is 5.38. The summed E-state index contributed by atoms with van der Waals surface area (Å²) in [5.41, 5.74) is 0.164. The summed E-state index contributed by atoms with van der Waals surface area (Å²) in [4.78, 5) is 12.3. The number of hydrogen-bond donors (Lipinski definition) is 1. The minimum absolute atomic E-state index is 0.0446. The van der Waals surface area contributed by atoms with Gasteiger partial charge in [0.1, 0.15) is 6.10 Å². The lowest BCUT2D eigenvalue weighted by atomic mass is 10.1.